The van der Waals surface area contributed by atoms with Gasteiger partial charge in [0.05, 0.1) is 0 Å². The second-order valence-corrected chi connectivity index (χ2v) is 4.53. The zero-order chi connectivity index (χ0) is 11.2. The fourth-order valence-corrected chi connectivity index (χ4v) is 1.52. The molecule has 0 aliphatic carbocycles. The van der Waals surface area contributed by atoms with E-state index in [2.05, 4.69) is 13.5 Å². The van der Waals surface area contributed by atoms with Crippen molar-refractivity contribution in [1.82, 2.24) is 4.42 Å². The lowest BCUT2D eigenvalue weighted by Crippen LogP contribution is -2.35. The SMILES string of the molecule is C=CCC(C)(C)C(=O)N(Cl)CCCC. The molecule has 0 unspecified atom stereocenters. The fourth-order valence-electron chi connectivity index (χ4n) is 1.18. The molecule has 1 amide bonds. The Kier molecular flexibility index (Phi) is 5.86. The summed E-state index contributed by atoms with van der Waals surface area (Å²) in [6, 6.07) is 0. The molecule has 0 aromatic carbocycles. The number of allylic oxidation sites excluding steroid dienone is 1. The first-order chi connectivity index (χ1) is 6.45. The van der Waals surface area contributed by atoms with E-state index in [1.54, 1.807) is 6.08 Å². The predicted octanol–water partition coefficient (Wildman–Crippen LogP) is 3.37. The maximum absolute atomic E-state index is 11.8. The molecule has 0 saturated heterocycles. The van der Waals surface area contributed by atoms with Crippen molar-refractivity contribution in [2.24, 2.45) is 5.41 Å². The number of nitrogens with zero attached hydrogens (tertiary/aromatic N) is 1. The monoisotopic (exact) mass is 217 g/mol. The van der Waals surface area contributed by atoms with E-state index >= 15 is 0 Å². The lowest BCUT2D eigenvalue weighted by molar-refractivity contribution is -0.135. The van der Waals surface area contributed by atoms with Crippen molar-refractivity contribution in [3.63, 3.8) is 0 Å². The molecule has 3 heteroatoms. The Labute approximate surface area is 92.0 Å². The molecule has 0 heterocycles. The smallest absolute Gasteiger partial charge is 0.242 e. The number of hydrogen-bond donors (Lipinski definition) is 0. The summed E-state index contributed by atoms with van der Waals surface area (Å²) >= 11 is 5.88. The first-order valence-electron chi connectivity index (χ1n) is 5.04. The van der Waals surface area contributed by atoms with Crippen molar-refractivity contribution in [1.29, 1.82) is 0 Å². The van der Waals surface area contributed by atoms with Gasteiger partial charge in [0.1, 0.15) is 0 Å². The van der Waals surface area contributed by atoms with Crippen LogP contribution in [0.3, 0.4) is 0 Å². The molecule has 0 spiro atoms. The summed E-state index contributed by atoms with van der Waals surface area (Å²) in [6.07, 6.45) is 4.39. The van der Waals surface area contributed by atoms with Gasteiger partial charge in [0.15, 0.2) is 0 Å². The first-order valence-corrected chi connectivity index (χ1v) is 5.38. The van der Waals surface area contributed by atoms with Gasteiger partial charge in [-0.15, -0.1) is 6.58 Å². The average molecular weight is 218 g/mol. The summed E-state index contributed by atoms with van der Waals surface area (Å²) in [5.74, 6) is -0.0208. The molecule has 0 aliphatic heterocycles. The molecule has 0 fully saturated rings. The van der Waals surface area contributed by atoms with Gasteiger partial charge in [0.25, 0.3) is 0 Å². The van der Waals surface area contributed by atoms with Crippen molar-refractivity contribution < 1.29 is 4.79 Å². The maximum atomic E-state index is 11.8. The van der Waals surface area contributed by atoms with E-state index < -0.39 is 5.41 Å². The topological polar surface area (TPSA) is 20.3 Å². The van der Waals surface area contributed by atoms with E-state index in [9.17, 15) is 4.79 Å². The largest absolute Gasteiger partial charge is 0.273 e. The maximum Gasteiger partial charge on any atom is 0.242 e. The van der Waals surface area contributed by atoms with Crippen LogP contribution in [0.5, 0.6) is 0 Å². The predicted molar refractivity (Wildman–Crippen MR) is 61.1 cm³/mol. The Bertz CT molecular complexity index is 201. The van der Waals surface area contributed by atoms with Gasteiger partial charge in [-0.25, -0.2) is 0 Å². The lowest BCUT2D eigenvalue weighted by atomic mass is 9.88. The quantitative estimate of drug-likeness (QED) is 0.494. The third-order valence-electron chi connectivity index (χ3n) is 2.16. The Hall–Kier alpha value is -0.500. The summed E-state index contributed by atoms with van der Waals surface area (Å²) in [6.45, 7) is 10.1. The molecule has 2 nitrogen and oxygen atoms in total. The van der Waals surface area contributed by atoms with Crippen molar-refractivity contribution in [2.45, 2.75) is 40.0 Å². The minimum atomic E-state index is -0.433. The summed E-state index contributed by atoms with van der Waals surface area (Å²) in [7, 11) is 0. The van der Waals surface area contributed by atoms with Gasteiger partial charge in [0, 0.05) is 23.7 Å². The van der Waals surface area contributed by atoms with Crippen LogP contribution in [0.15, 0.2) is 12.7 Å². The van der Waals surface area contributed by atoms with Crippen LogP contribution in [-0.2, 0) is 4.79 Å². The van der Waals surface area contributed by atoms with Crippen LogP contribution in [-0.4, -0.2) is 16.9 Å². The molecule has 0 atom stereocenters. The first kappa shape index (κ1) is 13.5. The van der Waals surface area contributed by atoms with Crippen LogP contribution in [0, 0.1) is 5.41 Å². The highest BCUT2D eigenvalue weighted by atomic mass is 35.5. The molecule has 14 heavy (non-hydrogen) atoms. The lowest BCUT2D eigenvalue weighted by Gasteiger charge is -2.26. The second-order valence-electron chi connectivity index (χ2n) is 4.12. The Balaban J connectivity index is 4.21. The van der Waals surface area contributed by atoms with Gasteiger partial charge in [-0.2, -0.15) is 0 Å². The standard InChI is InChI=1S/C11H20ClNO/c1-5-7-9-13(12)10(14)11(3,4)8-6-2/h6H,2,5,7-9H2,1,3-4H3. The second kappa shape index (κ2) is 6.07. The number of carbonyl (C=O) groups is 1. The Morgan fingerprint density at radius 3 is 2.57 bits per heavy atom. The van der Waals surface area contributed by atoms with Gasteiger partial charge in [-0.05, 0) is 12.8 Å². The van der Waals surface area contributed by atoms with Crippen molar-refractivity contribution in [3.8, 4) is 0 Å². The molecule has 0 aliphatic rings. The van der Waals surface area contributed by atoms with Gasteiger partial charge in [-0.3, -0.25) is 9.21 Å². The van der Waals surface area contributed by atoms with Crippen molar-refractivity contribution in [3.05, 3.63) is 12.7 Å². The summed E-state index contributed by atoms with van der Waals surface area (Å²) in [5.41, 5.74) is -0.433. The molecular formula is C11H20ClNO. The number of carbonyl (C=O) groups excluding carboxylic acids is 1. The fraction of sp³-hybridized carbons (Fsp3) is 0.727. The van der Waals surface area contributed by atoms with E-state index in [0.717, 1.165) is 12.8 Å². The van der Waals surface area contributed by atoms with Gasteiger partial charge in [-0.1, -0.05) is 33.3 Å². The van der Waals surface area contributed by atoms with E-state index in [-0.39, 0.29) is 5.91 Å². The summed E-state index contributed by atoms with van der Waals surface area (Å²) < 4.78 is 1.30. The minimum Gasteiger partial charge on any atom is -0.273 e. The van der Waals surface area contributed by atoms with Crippen LogP contribution in [0.25, 0.3) is 0 Å². The third-order valence-corrected chi connectivity index (χ3v) is 2.48. The molecule has 0 bridgehead atoms. The molecule has 0 radical (unpaired) electrons. The number of halogens is 1. The van der Waals surface area contributed by atoms with Crippen molar-refractivity contribution in [2.75, 3.05) is 6.54 Å². The molecular weight excluding hydrogens is 198 g/mol. The number of unbranched alkanes of at least 4 members (excludes halogenated alkanes) is 1. The van der Waals surface area contributed by atoms with E-state index in [4.69, 9.17) is 11.8 Å². The number of hydrogen-bond acceptors (Lipinski definition) is 1. The molecule has 82 valence electrons. The van der Waals surface area contributed by atoms with Gasteiger partial charge in [0.2, 0.25) is 5.91 Å². The molecule has 0 rings (SSSR count). The highest BCUT2D eigenvalue weighted by Crippen LogP contribution is 2.25. The Morgan fingerprint density at radius 2 is 2.14 bits per heavy atom. The van der Waals surface area contributed by atoms with Crippen LogP contribution in [0.1, 0.15) is 40.0 Å². The summed E-state index contributed by atoms with van der Waals surface area (Å²) in [5, 5.41) is 0. The van der Waals surface area contributed by atoms with Gasteiger partial charge >= 0.3 is 0 Å². The number of rotatable bonds is 6. The summed E-state index contributed by atoms with van der Waals surface area (Å²) in [4.78, 5) is 11.8. The van der Waals surface area contributed by atoms with E-state index in [1.807, 2.05) is 13.8 Å². The van der Waals surface area contributed by atoms with Crippen LogP contribution in [0.4, 0.5) is 0 Å². The molecule has 0 aromatic heterocycles. The third kappa shape index (κ3) is 4.14. The molecule has 0 aromatic rings. The van der Waals surface area contributed by atoms with Gasteiger partial charge < -0.3 is 0 Å². The average Bonchev–Trinajstić information content (AvgIpc) is 2.12. The Morgan fingerprint density at radius 1 is 1.57 bits per heavy atom. The van der Waals surface area contributed by atoms with Crippen LogP contribution < -0.4 is 0 Å². The van der Waals surface area contributed by atoms with Crippen LogP contribution >= 0.6 is 11.8 Å². The van der Waals surface area contributed by atoms with Crippen LogP contribution in [0.2, 0.25) is 0 Å². The minimum absolute atomic E-state index is 0.0208. The van der Waals surface area contributed by atoms with Crippen molar-refractivity contribution >= 4 is 17.7 Å². The highest BCUT2D eigenvalue weighted by molar-refractivity contribution is 6.21. The molecule has 0 saturated carbocycles. The van der Waals surface area contributed by atoms with E-state index in [0.29, 0.717) is 13.0 Å². The zero-order valence-corrected chi connectivity index (χ0v) is 10.1. The molecule has 0 N–H and O–H groups in total. The number of amides is 1. The zero-order valence-electron chi connectivity index (χ0n) is 9.35. The highest BCUT2D eigenvalue weighted by Gasteiger charge is 2.29. The normalized spacial score (nSPS) is 11.1. The van der Waals surface area contributed by atoms with E-state index in [1.165, 1.54) is 4.42 Å².